The quantitative estimate of drug-likeness (QED) is 0.739. The van der Waals surface area contributed by atoms with Crippen molar-refractivity contribution < 1.29 is 5.11 Å². The predicted molar refractivity (Wildman–Crippen MR) is 63.9 cm³/mol. The second kappa shape index (κ2) is 5.38. The van der Waals surface area contributed by atoms with E-state index >= 15 is 0 Å². The van der Waals surface area contributed by atoms with Gasteiger partial charge in [0.05, 0.1) is 5.60 Å². The summed E-state index contributed by atoms with van der Waals surface area (Å²) in [4.78, 5) is 0. The highest BCUT2D eigenvalue weighted by Crippen LogP contribution is 2.26. The molecule has 0 aliphatic carbocycles. The number of nitrogens with one attached hydrogen (secondary N) is 1. The van der Waals surface area contributed by atoms with Crippen LogP contribution >= 0.6 is 11.8 Å². The van der Waals surface area contributed by atoms with Gasteiger partial charge < -0.3 is 10.4 Å². The second-order valence-electron chi connectivity index (χ2n) is 4.70. The van der Waals surface area contributed by atoms with Gasteiger partial charge in [0.1, 0.15) is 0 Å². The van der Waals surface area contributed by atoms with Crippen molar-refractivity contribution in [1.82, 2.24) is 5.32 Å². The fourth-order valence-corrected chi connectivity index (χ4v) is 3.13. The van der Waals surface area contributed by atoms with Crippen LogP contribution in [0.2, 0.25) is 0 Å². The minimum absolute atomic E-state index is 0.523. The van der Waals surface area contributed by atoms with Gasteiger partial charge in [-0.25, -0.2) is 0 Å². The zero-order chi connectivity index (χ0) is 10.6. The lowest BCUT2D eigenvalue weighted by Crippen LogP contribution is -2.42. The summed E-state index contributed by atoms with van der Waals surface area (Å²) in [5.41, 5.74) is -0.523. The molecule has 3 atom stereocenters. The minimum Gasteiger partial charge on any atom is -0.389 e. The number of hydrogen-bond acceptors (Lipinski definition) is 3. The third kappa shape index (κ3) is 4.20. The van der Waals surface area contributed by atoms with Gasteiger partial charge in [-0.1, -0.05) is 20.3 Å². The van der Waals surface area contributed by atoms with Crippen molar-refractivity contribution >= 4 is 11.8 Å². The van der Waals surface area contributed by atoms with Crippen molar-refractivity contribution in [3.8, 4) is 0 Å². The largest absolute Gasteiger partial charge is 0.389 e. The van der Waals surface area contributed by atoms with E-state index in [9.17, 15) is 5.11 Å². The highest BCUT2D eigenvalue weighted by molar-refractivity contribution is 8.00. The molecular weight excluding hydrogens is 194 g/mol. The van der Waals surface area contributed by atoms with Gasteiger partial charge in [-0.15, -0.1) is 0 Å². The summed E-state index contributed by atoms with van der Waals surface area (Å²) in [7, 11) is 0. The highest BCUT2D eigenvalue weighted by atomic mass is 32.2. The Labute approximate surface area is 91.9 Å². The van der Waals surface area contributed by atoms with Crippen LogP contribution in [-0.4, -0.2) is 34.3 Å². The Morgan fingerprint density at radius 1 is 1.57 bits per heavy atom. The van der Waals surface area contributed by atoms with Gasteiger partial charge in [0.15, 0.2) is 0 Å². The fraction of sp³-hybridized carbons (Fsp3) is 1.00. The highest BCUT2D eigenvalue weighted by Gasteiger charge is 2.25. The summed E-state index contributed by atoms with van der Waals surface area (Å²) in [5.74, 6) is 1.20. The van der Waals surface area contributed by atoms with E-state index in [2.05, 4.69) is 19.2 Å². The first-order valence-electron chi connectivity index (χ1n) is 5.61. The Kier molecular flexibility index (Phi) is 4.74. The topological polar surface area (TPSA) is 32.3 Å². The summed E-state index contributed by atoms with van der Waals surface area (Å²) < 4.78 is 0. The average molecular weight is 217 g/mol. The van der Waals surface area contributed by atoms with Gasteiger partial charge in [0, 0.05) is 23.6 Å². The third-order valence-corrected chi connectivity index (χ3v) is 4.11. The lowest BCUT2D eigenvalue weighted by atomic mass is 10.0. The standard InChI is InChI=1S/C11H23NOS/c1-4-5-11(3,13)8-12-10-6-9(2)14-7-10/h9-10,12-13H,4-8H2,1-3H3. The first-order valence-corrected chi connectivity index (χ1v) is 6.66. The predicted octanol–water partition coefficient (Wildman–Crippen LogP) is 2.02. The molecule has 2 nitrogen and oxygen atoms in total. The van der Waals surface area contributed by atoms with Gasteiger partial charge in [0.25, 0.3) is 0 Å². The molecule has 1 aliphatic rings. The number of thioether (sulfide) groups is 1. The number of aliphatic hydroxyl groups is 1. The van der Waals surface area contributed by atoms with Crippen molar-refractivity contribution in [3.63, 3.8) is 0 Å². The molecule has 1 rings (SSSR count). The smallest absolute Gasteiger partial charge is 0.0743 e. The lowest BCUT2D eigenvalue weighted by molar-refractivity contribution is 0.0478. The molecule has 3 unspecified atom stereocenters. The summed E-state index contributed by atoms with van der Waals surface area (Å²) >= 11 is 2.03. The van der Waals surface area contributed by atoms with Crippen molar-refractivity contribution in [2.45, 2.75) is 56.9 Å². The first-order chi connectivity index (χ1) is 6.53. The molecule has 0 aromatic rings. The zero-order valence-electron chi connectivity index (χ0n) is 9.55. The molecule has 0 amide bonds. The van der Waals surface area contributed by atoms with Gasteiger partial charge in [0.2, 0.25) is 0 Å². The SMILES string of the molecule is CCCC(C)(O)CNC1CSC(C)C1. The van der Waals surface area contributed by atoms with Crippen molar-refractivity contribution in [2.24, 2.45) is 0 Å². The molecule has 0 saturated carbocycles. The van der Waals surface area contributed by atoms with Crippen molar-refractivity contribution in [2.75, 3.05) is 12.3 Å². The molecule has 0 radical (unpaired) electrons. The monoisotopic (exact) mass is 217 g/mol. The average Bonchev–Trinajstić information content (AvgIpc) is 2.48. The van der Waals surface area contributed by atoms with E-state index in [-0.39, 0.29) is 0 Å². The van der Waals surface area contributed by atoms with Crippen LogP contribution in [0.5, 0.6) is 0 Å². The Morgan fingerprint density at radius 3 is 2.79 bits per heavy atom. The van der Waals surface area contributed by atoms with E-state index in [1.165, 1.54) is 12.2 Å². The summed E-state index contributed by atoms with van der Waals surface area (Å²) in [5, 5.41) is 14.2. The molecule has 1 saturated heterocycles. The molecule has 14 heavy (non-hydrogen) atoms. The van der Waals surface area contributed by atoms with Crippen LogP contribution < -0.4 is 5.32 Å². The van der Waals surface area contributed by atoms with Crippen LogP contribution in [0, 0.1) is 0 Å². The zero-order valence-corrected chi connectivity index (χ0v) is 10.4. The fourth-order valence-electron chi connectivity index (χ4n) is 1.95. The number of rotatable bonds is 5. The molecule has 0 spiro atoms. The Balaban J connectivity index is 2.19. The van der Waals surface area contributed by atoms with Gasteiger partial charge in [-0.2, -0.15) is 11.8 Å². The third-order valence-electron chi connectivity index (χ3n) is 2.76. The van der Waals surface area contributed by atoms with Gasteiger partial charge in [-0.3, -0.25) is 0 Å². The normalized spacial score (nSPS) is 31.7. The summed E-state index contributed by atoms with van der Waals surface area (Å²) in [6.07, 6.45) is 3.17. The summed E-state index contributed by atoms with van der Waals surface area (Å²) in [6.45, 7) is 7.05. The van der Waals surface area contributed by atoms with Crippen molar-refractivity contribution in [3.05, 3.63) is 0 Å². The number of hydrogen-bond donors (Lipinski definition) is 2. The molecule has 84 valence electrons. The van der Waals surface area contributed by atoms with Gasteiger partial charge >= 0.3 is 0 Å². The maximum atomic E-state index is 9.97. The molecule has 0 aromatic heterocycles. The maximum absolute atomic E-state index is 9.97. The van der Waals surface area contributed by atoms with E-state index in [1.807, 2.05) is 18.7 Å². The Bertz CT molecular complexity index is 173. The van der Waals surface area contributed by atoms with E-state index < -0.39 is 5.60 Å². The van der Waals surface area contributed by atoms with E-state index in [1.54, 1.807) is 0 Å². The summed E-state index contributed by atoms with van der Waals surface area (Å²) in [6, 6.07) is 0.610. The molecule has 2 N–H and O–H groups in total. The Morgan fingerprint density at radius 2 is 2.29 bits per heavy atom. The minimum atomic E-state index is -0.523. The van der Waals surface area contributed by atoms with Crippen LogP contribution in [0.25, 0.3) is 0 Å². The van der Waals surface area contributed by atoms with Crippen LogP contribution in [-0.2, 0) is 0 Å². The molecule has 1 aliphatic heterocycles. The van der Waals surface area contributed by atoms with Gasteiger partial charge in [-0.05, 0) is 19.8 Å². The molecule has 0 aromatic carbocycles. The van der Waals surface area contributed by atoms with Crippen LogP contribution in [0.15, 0.2) is 0 Å². The van der Waals surface area contributed by atoms with Crippen LogP contribution in [0.1, 0.15) is 40.0 Å². The van der Waals surface area contributed by atoms with E-state index in [0.29, 0.717) is 6.04 Å². The molecule has 3 heteroatoms. The lowest BCUT2D eigenvalue weighted by Gasteiger charge is -2.25. The molecule has 0 bridgehead atoms. The first kappa shape index (κ1) is 12.3. The molecular formula is C11H23NOS. The van der Waals surface area contributed by atoms with Crippen LogP contribution in [0.4, 0.5) is 0 Å². The molecule has 1 fully saturated rings. The van der Waals surface area contributed by atoms with E-state index in [4.69, 9.17) is 0 Å². The molecule has 1 heterocycles. The Hall–Kier alpha value is 0.270. The van der Waals surface area contributed by atoms with Crippen LogP contribution in [0.3, 0.4) is 0 Å². The maximum Gasteiger partial charge on any atom is 0.0743 e. The van der Waals surface area contributed by atoms with E-state index in [0.717, 1.165) is 24.6 Å². The second-order valence-corrected chi connectivity index (χ2v) is 6.18. The van der Waals surface area contributed by atoms with Crippen molar-refractivity contribution in [1.29, 1.82) is 0 Å².